The third kappa shape index (κ3) is 5.82. The molecule has 1 heterocycles. The number of urea groups is 1. The highest BCUT2D eigenvalue weighted by Crippen LogP contribution is 2.11. The number of hydrogen-bond donors (Lipinski definition) is 2. The summed E-state index contributed by atoms with van der Waals surface area (Å²) < 4.78 is 0. The van der Waals surface area contributed by atoms with Crippen LogP contribution in [0.25, 0.3) is 0 Å². The number of amides is 3. The number of carbonyl (C=O) groups excluding carboxylic acids is 2. The van der Waals surface area contributed by atoms with Crippen LogP contribution in [0.5, 0.6) is 0 Å². The zero-order chi connectivity index (χ0) is 19.1. The fourth-order valence-corrected chi connectivity index (χ4v) is 3.00. The molecule has 0 bridgehead atoms. The van der Waals surface area contributed by atoms with E-state index in [1.807, 2.05) is 61.5 Å². The van der Waals surface area contributed by atoms with Gasteiger partial charge in [-0.05, 0) is 24.6 Å². The minimum atomic E-state index is -0.0907. The van der Waals surface area contributed by atoms with Crippen LogP contribution in [-0.4, -0.2) is 54.5 Å². The Morgan fingerprint density at radius 3 is 2.26 bits per heavy atom. The number of aryl methyl sites for hydroxylation is 1. The maximum atomic E-state index is 12.4. The minimum Gasteiger partial charge on any atom is -0.351 e. The number of nitrogens with one attached hydrogen (secondary N) is 2. The normalized spacial score (nSPS) is 14.6. The zero-order valence-corrected chi connectivity index (χ0v) is 15.6. The van der Waals surface area contributed by atoms with Crippen molar-refractivity contribution in [1.82, 2.24) is 15.1 Å². The van der Waals surface area contributed by atoms with Crippen molar-refractivity contribution in [3.8, 4) is 0 Å². The van der Waals surface area contributed by atoms with Gasteiger partial charge < -0.3 is 15.5 Å². The number of benzene rings is 2. The average Bonchev–Trinajstić information content (AvgIpc) is 2.69. The van der Waals surface area contributed by atoms with E-state index in [9.17, 15) is 9.59 Å². The maximum Gasteiger partial charge on any atom is 0.321 e. The summed E-state index contributed by atoms with van der Waals surface area (Å²) in [6.07, 6.45) is 0. The molecule has 0 spiro atoms. The third-order valence-electron chi connectivity index (χ3n) is 4.66. The van der Waals surface area contributed by atoms with Crippen LogP contribution in [-0.2, 0) is 11.3 Å². The molecule has 0 atom stereocenters. The molecule has 6 nitrogen and oxygen atoms in total. The highest BCUT2D eigenvalue weighted by molar-refractivity contribution is 5.89. The largest absolute Gasteiger partial charge is 0.351 e. The molecule has 3 amide bonds. The number of anilines is 1. The molecule has 0 saturated carbocycles. The van der Waals surface area contributed by atoms with Gasteiger partial charge in [0.05, 0.1) is 6.54 Å². The van der Waals surface area contributed by atoms with E-state index in [2.05, 4.69) is 15.5 Å². The first-order chi connectivity index (χ1) is 13.1. The lowest BCUT2D eigenvalue weighted by atomic mass is 10.2. The van der Waals surface area contributed by atoms with Crippen LogP contribution in [0, 0.1) is 6.92 Å². The van der Waals surface area contributed by atoms with E-state index in [4.69, 9.17) is 0 Å². The lowest BCUT2D eigenvalue weighted by molar-refractivity contribution is -0.122. The summed E-state index contributed by atoms with van der Waals surface area (Å²) in [4.78, 5) is 28.3. The summed E-state index contributed by atoms with van der Waals surface area (Å²) in [6.45, 7) is 5.53. The van der Waals surface area contributed by atoms with Gasteiger partial charge in [-0.3, -0.25) is 9.69 Å². The van der Waals surface area contributed by atoms with Crippen molar-refractivity contribution in [3.63, 3.8) is 0 Å². The lowest BCUT2D eigenvalue weighted by Crippen LogP contribution is -2.52. The van der Waals surface area contributed by atoms with Gasteiger partial charge in [0, 0.05) is 38.4 Å². The Labute approximate surface area is 160 Å². The molecule has 0 aliphatic carbocycles. The molecule has 1 aliphatic rings. The van der Waals surface area contributed by atoms with Crippen molar-refractivity contribution in [1.29, 1.82) is 0 Å². The van der Waals surface area contributed by atoms with E-state index in [0.29, 0.717) is 39.3 Å². The Bertz CT molecular complexity index is 754. The first-order valence-corrected chi connectivity index (χ1v) is 9.26. The minimum absolute atomic E-state index is 0.0106. The Morgan fingerprint density at radius 1 is 0.926 bits per heavy atom. The monoisotopic (exact) mass is 366 g/mol. The highest BCUT2D eigenvalue weighted by atomic mass is 16.2. The van der Waals surface area contributed by atoms with Gasteiger partial charge in [0.15, 0.2) is 0 Å². The topological polar surface area (TPSA) is 64.7 Å². The van der Waals surface area contributed by atoms with E-state index >= 15 is 0 Å². The van der Waals surface area contributed by atoms with Crippen LogP contribution in [0.3, 0.4) is 0 Å². The second-order valence-corrected chi connectivity index (χ2v) is 6.82. The van der Waals surface area contributed by atoms with Crippen LogP contribution >= 0.6 is 0 Å². The molecule has 3 rings (SSSR count). The molecule has 1 fully saturated rings. The van der Waals surface area contributed by atoms with Crippen molar-refractivity contribution in [2.75, 3.05) is 38.0 Å². The second-order valence-electron chi connectivity index (χ2n) is 6.82. The Balaban J connectivity index is 1.38. The van der Waals surface area contributed by atoms with Gasteiger partial charge in [0.1, 0.15) is 0 Å². The van der Waals surface area contributed by atoms with Crippen LogP contribution < -0.4 is 10.6 Å². The van der Waals surface area contributed by atoms with Crippen molar-refractivity contribution in [2.24, 2.45) is 0 Å². The molecule has 0 aromatic heterocycles. The van der Waals surface area contributed by atoms with Crippen LogP contribution in [0.4, 0.5) is 10.5 Å². The summed E-state index contributed by atoms with van der Waals surface area (Å²) >= 11 is 0. The molecular formula is C21H26N4O2. The van der Waals surface area contributed by atoms with Gasteiger partial charge in [-0.25, -0.2) is 4.79 Å². The quantitative estimate of drug-likeness (QED) is 0.854. The Kier molecular flexibility index (Phi) is 6.44. The molecule has 0 radical (unpaired) electrons. The van der Waals surface area contributed by atoms with E-state index in [1.54, 1.807) is 4.90 Å². The molecule has 0 unspecified atom stereocenters. The second kappa shape index (κ2) is 9.19. The van der Waals surface area contributed by atoms with Crippen LogP contribution in [0.15, 0.2) is 54.6 Å². The number of piperazine rings is 1. The molecule has 6 heteroatoms. The first-order valence-electron chi connectivity index (χ1n) is 9.26. The molecular weight excluding hydrogens is 340 g/mol. The summed E-state index contributed by atoms with van der Waals surface area (Å²) in [7, 11) is 0. The van der Waals surface area contributed by atoms with Crippen molar-refractivity contribution in [2.45, 2.75) is 13.5 Å². The number of rotatable bonds is 5. The number of nitrogens with zero attached hydrogens (tertiary/aromatic N) is 2. The summed E-state index contributed by atoms with van der Waals surface area (Å²) in [5.41, 5.74) is 3.05. The predicted octanol–water partition coefficient (Wildman–Crippen LogP) is 2.46. The van der Waals surface area contributed by atoms with E-state index in [1.165, 1.54) is 0 Å². The SMILES string of the molecule is Cc1ccc(NC(=O)N2CCN(CC(=O)NCc3ccccc3)CC2)cc1. The maximum absolute atomic E-state index is 12.4. The summed E-state index contributed by atoms with van der Waals surface area (Å²) in [6, 6.07) is 17.5. The standard InChI is InChI=1S/C21H26N4O2/c1-17-7-9-19(10-8-17)23-21(27)25-13-11-24(12-14-25)16-20(26)22-15-18-5-3-2-4-6-18/h2-10H,11-16H2,1H3,(H,22,26)(H,23,27). The van der Waals surface area contributed by atoms with Gasteiger partial charge in [0.2, 0.25) is 5.91 Å². The van der Waals surface area contributed by atoms with Crippen LogP contribution in [0.1, 0.15) is 11.1 Å². The van der Waals surface area contributed by atoms with Gasteiger partial charge in [-0.2, -0.15) is 0 Å². The van der Waals surface area contributed by atoms with Crippen molar-refractivity contribution >= 4 is 17.6 Å². The molecule has 2 aromatic rings. The molecule has 1 aliphatic heterocycles. The van der Waals surface area contributed by atoms with Gasteiger partial charge in [-0.1, -0.05) is 48.0 Å². The van der Waals surface area contributed by atoms with E-state index < -0.39 is 0 Å². The molecule has 142 valence electrons. The zero-order valence-electron chi connectivity index (χ0n) is 15.6. The Hall–Kier alpha value is -2.86. The van der Waals surface area contributed by atoms with E-state index in [-0.39, 0.29) is 11.9 Å². The van der Waals surface area contributed by atoms with Gasteiger partial charge in [0.25, 0.3) is 0 Å². The smallest absolute Gasteiger partial charge is 0.321 e. The summed E-state index contributed by atoms with van der Waals surface area (Å²) in [5, 5.41) is 5.87. The fourth-order valence-electron chi connectivity index (χ4n) is 3.00. The molecule has 1 saturated heterocycles. The molecule has 2 aromatic carbocycles. The predicted molar refractivity (Wildman–Crippen MR) is 106 cm³/mol. The first kappa shape index (κ1) is 18.9. The lowest BCUT2D eigenvalue weighted by Gasteiger charge is -2.34. The third-order valence-corrected chi connectivity index (χ3v) is 4.66. The van der Waals surface area contributed by atoms with Crippen LogP contribution in [0.2, 0.25) is 0 Å². The number of carbonyl (C=O) groups is 2. The fraction of sp³-hybridized carbons (Fsp3) is 0.333. The average molecular weight is 366 g/mol. The van der Waals surface area contributed by atoms with Gasteiger partial charge in [-0.15, -0.1) is 0 Å². The van der Waals surface area contributed by atoms with Crippen molar-refractivity contribution in [3.05, 3.63) is 65.7 Å². The van der Waals surface area contributed by atoms with Crippen molar-refractivity contribution < 1.29 is 9.59 Å². The summed E-state index contributed by atoms with van der Waals surface area (Å²) in [5.74, 6) is 0.0106. The molecule has 2 N–H and O–H groups in total. The van der Waals surface area contributed by atoms with Gasteiger partial charge >= 0.3 is 6.03 Å². The highest BCUT2D eigenvalue weighted by Gasteiger charge is 2.22. The molecule has 27 heavy (non-hydrogen) atoms. The number of hydrogen-bond acceptors (Lipinski definition) is 3. The Morgan fingerprint density at radius 2 is 1.59 bits per heavy atom. The van der Waals surface area contributed by atoms with E-state index in [0.717, 1.165) is 16.8 Å².